The molecule has 1 aliphatic heterocycles. The molecule has 0 radical (unpaired) electrons. The van der Waals surface area contributed by atoms with Gasteiger partial charge in [0.05, 0.1) is 0 Å². The molecule has 0 atom stereocenters. The zero-order valence-corrected chi connectivity index (χ0v) is 15.1. The second-order valence-electron chi connectivity index (χ2n) is 6.50. The number of nitrogens with zero attached hydrogens (tertiary/aromatic N) is 3. The summed E-state index contributed by atoms with van der Waals surface area (Å²) >= 11 is 0. The van der Waals surface area contributed by atoms with Crippen molar-refractivity contribution in [3.63, 3.8) is 0 Å². The second kappa shape index (κ2) is 11.0. The predicted molar refractivity (Wildman–Crippen MR) is 102 cm³/mol. The number of benzene rings is 1. The number of guanidine groups is 1. The molecule has 0 bridgehead atoms. The average molecular weight is 332 g/mol. The Morgan fingerprint density at radius 1 is 1.08 bits per heavy atom. The highest BCUT2D eigenvalue weighted by atomic mass is 15.3. The molecule has 1 saturated heterocycles. The minimum Gasteiger partial charge on any atom is -0.370 e. The standard InChI is InChI=1S/C19H33N5/c1-2-3-10-21-19(20)22-11-7-12-23-13-15-24(16-14-23)17-18-8-5-4-6-9-18/h4-6,8-9H,2-3,7,10-17H2,1H3,(H3,20,21,22). The number of hydrogen-bond donors (Lipinski definition) is 2. The van der Waals surface area contributed by atoms with E-state index in [1.54, 1.807) is 0 Å². The van der Waals surface area contributed by atoms with Gasteiger partial charge in [0.25, 0.3) is 0 Å². The summed E-state index contributed by atoms with van der Waals surface area (Å²) in [5, 5.41) is 3.16. The highest BCUT2D eigenvalue weighted by Crippen LogP contribution is 2.08. The van der Waals surface area contributed by atoms with E-state index in [1.165, 1.54) is 12.0 Å². The summed E-state index contributed by atoms with van der Waals surface area (Å²) in [7, 11) is 0. The molecule has 134 valence electrons. The highest BCUT2D eigenvalue weighted by Gasteiger charge is 2.16. The van der Waals surface area contributed by atoms with Crippen LogP contribution in [0, 0.1) is 0 Å². The van der Waals surface area contributed by atoms with Crippen molar-refractivity contribution in [3.05, 3.63) is 35.9 Å². The molecule has 2 rings (SSSR count). The fourth-order valence-electron chi connectivity index (χ4n) is 2.96. The van der Waals surface area contributed by atoms with E-state index in [0.717, 1.165) is 65.2 Å². The Labute approximate surface area is 146 Å². The van der Waals surface area contributed by atoms with E-state index in [2.05, 4.69) is 57.4 Å². The summed E-state index contributed by atoms with van der Waals surface area (Å²) in [5.41, 5.74) is 7.25. The molecule has 1 aromatic carbocycles. The van der Waals surface area contributed by atoms with Gasteiger partial charge in [-0.15, -0.1) is 0 Å². The number of unbranched alkanes of at least 4 members (excludes halogenated alkanes) is 1. The van der Waals surface area contributed by atoms with Crippen LogP contribution in [0.3, 0.4) is 0 Å². The summed E-state index contributed by atoms with van der Waals surface area (Å²) in [4.78, 5) is 9.48. The maximum absolute atomic E-state index is 5.84. The summed E-state index contributed by atoms with van der Waals surface area (Å²) in [6.45, 7) is 10.7. The Bertz CT molecular complexity index is 466. The first-order valence-corrected chi connectivity index (χ1v) is 9.30. The van der Waals surface area contributed by atoms with Crippen LogP contribution >= 0.6 is 0 Å². The van der Waals surface area contributed by atoms with Crippen molar-refractivity contribution in [2.75, 3.05) is 45.8 Å². The Morgan fingerprint density at radius 3 is 2.50 bits per heavy atom. The van der Waals surface area contributed by atoms with Crippen LogP contribution in [0.1, 0.15) is 31.7 Å². The van der Waals surface area contributed by atoms with E-state index >= 15 is 0 Å². The lowest BCUT2D eigenvalue weighted by Crippen LogP contribution is -2.46. The second-order valence-corrected chi connectivity index (χ2v) is 6.50. The molecule has 3 N–H and O–H groups in total. The lowest BCUT2D eigenvalue weighted by atomic mass is 10.2. The summed E-state index contributed by atoms with van der Waals surface area (Å²) < 4.78 is 0. The van der Waals surface area contributed by atoms with Crippen molar-refractivity contribution >= 4 is 5.96 Å². The van der Waals surface area contributed by atoms with Gasteiger partial charge in [0.1, 0.15) is 0 Å². The van der Waals surface area contributed by atoms with Crippen LogP contribution in [0.5, 0.6) is 0 Å². The van der Waals surface area contributed by atoms with Gasteiger partial charge in [0.15, 0.2) is 5.96 Å². The minimum absolute atomic E-state index is 0.594. The molecule has 0 unspecified atom stereocenters. The molecule has 0 aliphatic carbocycles. The van der Waals surface area contributed by atoms with Gasteiger partial charge >= 0.3 is 0 Å². The van der Waals surface area contributed by atoms with E-state index in [4.69, 9.17) is 5.73 Å². The fraction of sp³-hybridized carbons (Fsp3) is 0.632. The molecule has 24 heavy (non-hydrogen) atoms. The molecule has 0 saturated carbocycles. The smallest absolute Gasteiger partial charge is 0.188 e. The van der Waals surface area contributed by atoms with Crippen LogP contribution in [0.25, 0.3) is 0 Å². The summed E-state index contributed by atoms with van der Waals surface area (Å²) in [6.07, 6.45) is 3.40. The lowest BCUT2D eigenvalue weighted by molar-refractivity contribution is 0.127. The molecule has 5 nitrogen and oxygen atoms in total. The molecule has 1 heterocycles. The molecular formula is C19H33N5. The predicted octanol–water partition coefficient (Wildman–Crippen LogP) is 1.90. The Hall–Kier alpha value is -1.59. The van der Waals surface area contributed by atoms with Crippen molar-refractivity contribution < 1.29 is 0 Å². The van der Waals surface area contributed by atoms with Crippen LogP contribution in [0.15, 0.2) is 35.3 Å². The number of aliphatic imine (C=N–C) groups is 1. The maximum atomic E-state index is 5.84. The van der Waals surface area contributed by atoms with Crippen molar-refractivity contribution in [3.8, 4) is 0 Å². The largest absolute Gasteiger partial charge is 0.370 e. The Kier molecular flexibility index (Phi) is 8.63. The molecule has 0 spiro atoms. The third-order valence-electron chi connectivity index (χ3n) is 4.46. The highest BCUT2D eigenvalue weighted by molar-refractivity contribution is 5.77. The van der Waals surface area contributed by atoms with E-state index in [-0.39, 0.29) is 0 Å². The molecule has 1 aliphatic rings. The van der Waals surface area contributed by atoms with E-state index in [9.17, 15) is 0 Å². The number of piperazine rings is 1. The first-order valence-electron chi connectivity index (χ1n) is 9.30. The van der Waals surface area contributed by atoms with Gasteiger partial charge in [-0.05, 0) is 18.4 Å². The van der Waals surface area contributed by atoms with Crippen LogP contribution < -0.4 is 11.1 Å². The maximum Gasteiger partial charge on any atom is 0.188 e. The molecular weight excluding hydrogens is 298 g/mol. The van der Waals surface area contributed by atoms with Crippen molar-refractivity contribution in [1.82, 2.24) is 15.1 Å². The first-order chi connectivity index (χ1) is 11.8. The lowest BCUT2D eigenvalue weighted by Gasteiger charge is -2.34. The number of hydrogen-bond acceptors (Lipinski definition) is 3. The van der Waals surface area contributed by atoms with Gasteiger partial charge in [-0.25, -0.2) is 0 Å². The van der Waals surface area contributed by atoms with Gasteiger partial charge in [0.2, 0.25) is 0 Å². The summed E-state index contributed by atoms with van der Waals surface area (Å²) in [6, 6.07) is 10.7. The van der Waals surface area contributed by atoms with Gasteiger partial charge in [-0.2, -0.15) is 0 Å². The van der Waals surface area contributed by atoms with Crippen molar-refractivity contribution in [2.45, 2.75) is 32.7 Å². The number of nitrogens with one attached hydrogen (secondary N) is 1. The normalized spacial score (nSPS) is 17.1. The third kappa shape index (κ3) is 7.32. The zero-order valence-electron chi connectivity index (χ0n) is 15.1. The minimum atomic E-state index is 0.594. The SMILES string of the molecule is CCCCNC(N)=NCCCN1CCN(Cc2ccccc2)CC1. The van der Waals surface area contributed by atoms with E-state index < -0.39 is 0 Å². The van der Waals surface area contributed by atoms with Crippen molar-refractivity contribution in [2.24, 2.45) is 10.7 Å². The van der Waals surface area contributed by atoms with Crippen LogP contribution in [-0.2, 0) is 6.54 Å². The van der Waals surface area contributed by atoms with Gasteiger partial charge in [-0.3, -0.25) is 9.89 Å². The number of rotatable bonds is 9. The average Bonchev–Trinajstić information content (AvgIpc) is 2.61. The quantitative estimate of drug-likeness (QED) is 0.412. The summed E-state index contributed by atoms with van der Waals surface area (Å²) in [5.74, 6) is 0.594. The molecule has 0 amide bonds. The van der Waals surface area contributed by atoms with Crippen LogP contribution in [0.4, 0.5) is 0 Å². The molecule has 5 heteroatoms. The van der Waals surface area contributed by atoms with Gasteiger partial charge in [-0.1, -0.05) is 43.7 Å². The Morgan fingerprint density at radius 2 is 1.79 bits per heavy atom. The van der Waals surface area contributed by atoms with Crippen LogP contribution in [-0.4, -0.2) is 61.6 Å². The monoisotopic (exact) mass is 331 g/mol. The van der Waals surface area contributed by atoms with E-state index in [1.807, 2.05) is 0 Å². The Balaban J connectivity index is 1.56. The van der Waals surface area contributed by atoms with Crippen molar-refractivity contribution in [1.29, 1.82) is 0 Å². The fourth-order valence-corrected chi connectivity index (χ4v) is 2.96. The molecule has 1 aromatic rings. The molecule has 0 aromatic heterocycles. The third-order valence-corrected chi connectivity index (χ3v) is 4.46. The van der Waals surface area contributed by atoms with Crippen LogP contribution in [0.2, 0.25) is 0 Å². The zero-order chi connectivity index (χ0) is 17.0. The number of nitrogens with two attached hydrogens (primary N) is 1. The topological polar surface area (TPSA) is 56.9 Å². The van der Waals surface area contributed by atoms with Gasteiger partial charge < -0.3 is 16.0 Å². The molecule has 1 fully saturated rings. The first kappa shape index (κ1) is 18.7. The van der Waals surface area contributed by atoms with Gasteiger partial charge in [0, 0.05) is 52.4 Å². The van der Waals surface area contributed by atoms with E-state index in [0.29, 0.717) is 5.96 Å².